The van der Waals surface area contributed by atoms with Crippen LogP contribution in [0.1, 0.15) is 126 Å². The molecule has 2 saturated heterocycles. The van der Waals surface area contributed by atoms with Crippen molar-refractivity contribution in [3.63, 3.8) is 0 Å². The quantitative estimate of drug-likeness (QED) is 0.134. The number of methoxy groups -OCH3 is 3. The Hall–Kier alpha value is -3.41. The van der Waals surface area contributed by atoms with E-state index in [4.69, 9.17) is 28.4 Å². The van der Waals surface area contributed by atoms with Crippen molar-refractivity contribution in [2.75, 3.05) is 41.1 Å². The second-order valence-electron chi connectivity index (χ2n) is 20.2. The van der Waals surface area contributed by atoms with Gasteiger partial charge in [-0.2, -0.15) is 0 Å². The molecular formula is C53H83NO14. The molecule has 68 heavy (non-hydrogen) atoms. The average molecular weight is 958 g/mol. The van der Waals surface area contributed by atoms with E-state index < -0.39 is 77.8 Å². The second kappa shape index (κ2) is 27.3. The monoisotopic (exact) mass is 958 g/mol. The molecule has 3 unspecified atom stereocenters. The Kier molecular flexibility index (Phi) is 22.9. The van der Waals surface area contributed by atoms with Gasteiger partial charge in [-0.25, -0.2) is 4.79 Å². The van der Waals surface area contributed by atoms with Gasteiger partial charge < -0.3 is 48.6 Å². The predicted octanol–water partition coefficient (Wildman–Crippen LogP) is 6.20. The highest BCUT2D eigenvalue weighted by atomic mass is 16.6. The average Bonchev–Trinajstić information content (AvgIpc) is 3.32. The number of aliphatic hydroxyl groups excluding tert-OH is 2. The largest absolute Gasteiger partial charge is 0.460 e. The third kappa shape index (κ3) is 15.3. The highest BCUT2D eigenvalue weighted by Gasteiger charge is 2.53. The zero-order valence-corrected chi connectivity index (χ0v) is 42.4. The van der Waals surface area contributed by atoms with Crippen LogP contribution >= 0.6 is 0 Å². The van der Waals surface area contributed by atoms with Gasteiger partial charge in [-0.1, -0.05) is 71.1 Å². The van der Waals surface area contributed by atoms with Crippen molar-refractivity contribution in [3.8, 4) is 0 Å². The Morgan fingerprint density at radius 1 is 0.853 bits per heavy atom. The van der Waals surface area contributed by atoms with Crippen molar-refractivity contribution in [1.82, 2.24) is 4.90 Å². The molecule has 0 radical (unpaired) electrons. The van der Waals surface area contributed by atoms with E-state index >= 15 is 0 Å². The molecule has 0 aromatic heterocycles. The van der Waals surface area contributed by atoms with Gasteiger partial charge in [-0.3, -0.25) is 19.2 Å². The van der Waals surface area contributed by atoms with Crippen molar-refractivity contribution >= 4 is 29.2 Å². The maximum Gasteiger partial charge on any atom is 0.329 e. The lowest BCUT2D eigenvalue weighted by Gasteiger charge is -2.42. The number of Topliss-reactive ketones (excluding diaryl/α,β-unsaturated/α-hetero) is 3. The lowest BCUT2D eigenvalue weighted by Crippen LogP contribution is -2.61. The van der Waals surface area contributed by atoms with Crippen LogP contribution in [-0.4, -0.2) is 145 Å². The zero-order valence-electron chi connectivity index (χ0n) is 42.4. The number of cyclic esters (lactones) is 1. The fourth-order valence-corrected chi connectivity index (χ4v) is 10.5. The van der Waals surface area contributed by atoms with Gasteiger partial charge in [0.05, 0.1) is 37.6 Å². The number of piperidine rings is 1. The molecule has 15 atom stereocenters. The van der Waals surface area contributed by atoms with E-state index in [0.29, 0.717) is 63.4 Å². The van der Waals surface area contributed by atoms with Crippen LogP contribution in [0.25, 0.3) is 0 Å². The normalized spacial score (nSPS) is 39.2. The Morgan fingerprint density at radius 3 is 2.26 bits per heavy atom. The number of amides is 1. The van der Waals surface area contributed by atoms with Crippen LogP contribution in [0.3, 0.4) is 0 Å². The number of ketones is 3. The van der Waals surface area contributed by atoms with Gasteiger partial charge in [-0.15, -0.1) is 0 Å². The van der Waals surface area contributed by atoms with E-state index in [2.05, 4.69) is 0 Å². The lowest BCUT2D eigenvalue weighted by molar-refractivity contribution is -0.265. The molecule has 384 valence electrons. The van der Waals surface area contributed by atoms with E-state index in [1.54, 1.807) is 41.1 Å². The van der Waals surface area contributed by atoms with Crippen molar-refractivity contribution < 1.29 is 67.7 Å². The van der Waals surface area contributed by atoms with Crippen LogP contribution in [0.2, 0.25) is 0 Å². The van der Waals surface area contributed by atoms with Gasteiger partial charge >= 0.3 is 5.97 Å². The zero-order chi connectivity index (χ0) is 50.3. The number of carbonyl (C=O) groups is 5. The number of aliphatic hydroxyl groups is 3. The smallest absolute Gasteiger partial charge is 0.329 e. The van der Waals surface area contributed by atoms with Crippen LogP contribution in [0.15, 0.2) is 47.6 Å². The molecule has 1 amide bonds. The third-order valence-corrected chi connectivity index (χ3v) is 14.9. The molecule has 0 aromatic carbocycles. The number of rotatable bonds is 9. The van der Waals surface area contributed by atoms with Crippen LogP contribution in [-0.2, 0) is 52.4 Å². The topological polar surface area (TPSA) is 205 Å². The molecule has 3 N–H and O–H groups in total. The van der Waals surface area contributed by atoms with Crippen LogP contribution in [0, 0.1) is 35.5 Å². The van der Waals surface area contributed by atoms with Crippen LogP contribution in [0.4, 0.5) is 0 Å². The molecule has 4 aliphatic rings. The van der Waals surface area contributed by atoms with E-state index in [1.165, 1.54) is 12.0 Å². The molecule has 15 nitrogen and oxygen atoms in total. The maximum absolute atomic E-state index is 14.5. The number of allylic oxidation sites excluding steroid dienone is 6. The van der Waals surface area contributed by atoms with Crippen LogP contribution in [0.5, 0.6) is 0 Å². The second-order valence-corrected chi connectivity index (χ2v) is 20.2. The SMILES string of the molecule is COC1C(=O)[C@H](C)C[C@H](C)/C=C/C=C/C=C(\C)[C@@H](OC)CC2CC[C@@H](C)[C@@](O)(O2)C(=O)C(=O)N2CCCC[C@H]2C(=O)O[C@H]([C@@H](C)C[C@@H]2CCC(OCCO)[C@H](OC)C2)CC(=O)[C@H](C)/C=C(\C)[C@H]1O. The predicted molar refractivity (Wildman–Crippen MR) is 256 cm³/mol. The summed E-state index contributed by atoms with van der Waals surface area (Å²) in [6.07, 6.45) is 12.0. The highest BCUT2D eigenvalue weighted by Crippen LogP contribution is 2.38. The molecule has 15 heteroatoms. The Morgan fingerprint density at radius 2 is 1.59 bits per heavy atom. The number of carbonyl (C=O) groups excluding carboxylic acids is 5. The number of hydrogen-bond acceptors (Lipinski definition) is 14. The van der Waals surface area contributed by atoms with E-state index in [0.717, 1.165) is 12.0 Å². The molecule has 2 bridgehead atoms. The molecule has 3 heterocycles. The minimum Gasteiger partial charge on any atom is -0.460 e. The molecule has 0 spiro atoms. The summed E-state index contributed by atoms with van der Waals surface area (Å²) in [6, 6.07) is -1.14. The standard InChI is InChI=1S/C53H83NO14/c1-32-16-12-11-13-17-33(2)44(63-8)30-40-21-19-38(7)53(62,68-40)50(59)51(60)54-23-15-14-18-41(54)52(61)67-45(35(4)28-39-20-22-43(66-25-24-55)46(29-39)64-9)31-42(56)34(3)27-37(6)48(58)49(65-10)47(57)36(5)26-32/h11-13,16-17,27,32,34-36,38-41,43-46,48-49,55,58,62H,14-15,18-26,28-31H2,1-10H3/b13-11+,16-12+,33-17+,37-27+/t32-,34-,35+,36-,38-,39+,40?,41+,43?,44+,45+,46-,48-,49?,53-/m1/s1. The van der Waals surface area contributed by atoms with Gasteiger partial charge in [0.25, 0.3) is 11.7 Å². The first-order valence-electron chi connectivity index (χ1n) is 25.0. The fraction of sp³-hybridized carbons (Fsp3) is 0.755. The number of nitrogens with zero attached hydrogens (tertiary/aromatic N) is 1. The molecular weight excluding hydrogens is 875 g/mol. The number of ether oxygens (including phenoxy) is 6. The third-order valence-electron chi connectivity index (χ3n) is 14.9. The first-order valence-corrected chi connectivity index (χ1v) is 25.0. The van der Waals surface area contributed by atoms with Crippen molar-refractivity contribution in [3.05, 3.63) is 47.6 Å². The minimum absolute atomic E-state index is 0.0158. The number of hydrogen-bond donors (Lipinski definition) is 3. The van der Waals surface area contributed by atoms with Gasteiger partial charge in [0.2, 0.25) is 5.79 Å². The fourth-order valence-electron chi connectivity index (χ4n) is 10.5. The highest BCUT2D eigenvalue weighted by molar-refractivity contribution is 6.39. The Bertz CT molecular complexity index is 1810. The maximum atomic E-state index is 14.5. The van der Waals surface area contributed by atoms with Gasteiger partial charge in [0, 0.05) is 58.5 Å². The Labute approximate surface area is 405 Å². The Balaban J connectivity index is 1.70. The first-order chi connectivity index (χ1) is 32.3. The number of fused-ring (bicyclic) bond motifs is 3. The molecule has 3 fully saturated rings. The summed E-state index contributed by atoms with van der Waals surface area (Å²) in [7, 11) is 4.58. The van der Waals surface area contributed by atoms with Gasteiger partial charge in [0.1, 0.15) is 30.1 Å². The molecule has 4 rings (SSSR count). The van der Waals surface area contributed by atoms with Crippen molar-refractivity contribution in [1.29, 1.82) is 0 Å². The molecule has 3 aliphatic heterocycles. The first kappa shape index (κ1) is 57.2. The van der Waals surface area contributed by atoms with E-state index in [9.17, 15) is 39.3 Å². The molecule has 1 aliphatic carbocycles. The minimum atomic E-state index is -2.43. The molecule has 0 aromatic rings. The summed E-state index contributed by atoms with van der Waals surface area (Å²) >= 11 is 0. The molecule has 1 saturated carbocycles. The van der Waals surface area contributed by atoms with Gasteiger partial charge in [-0.05, 0) is 107 Å². The summed E-state index contributed by atoms with van der Waals surface area (Å²) in [5.74, 6) is -7.96. The van der Waals surface area contributed by atoms with Crippen LogP contribution < -0.4 is 0 Å². The van der Waals surface area contributed by atoms with Crippen molar-refractivity contribution in [2.24, 2.45) is 35.5 Å². The lowest BCUT2D eigenvalue weighted by atomic mass is 9.78. The summed E-state index contributed by atoms with van der Waals surface area (Å²) in [5, 5.41) is 32.8. The van der Waals surface area contributed by atoms with Crippen molar-refractivity contribution in [2.45, 2.75) is 180 Å². The van der Waals surface area contributed by atoms with E-state index in [-0.39, 0.29) is 74.1 Å². The summed E-state index contributed by atoms with van der Waals surface area (Å²) < 4.78 is 35.6. The van der Waals surface area contributed by atoms with Gasteiger partial charge in [0.15, 0.2) is 5.78 Å². The summed E-state index contributed by atoms with van der Waals surface area (Å²) in [4.78, 5) is 72.1. The van der Waals surface area contributed by atoms with E-state index in [1.807, 2.05) is 58.1 Å². The summed E-state index contributed by atoms with van der Waals surface area (Å²) in [5.41, 5.74) is 1.26. The number of esters is 1. The summed E-state index contributed by atoms with van der Waals surface area (Å²) in [6.45, 7) is 12.9.